The summed E-state index contributed by atoms with van der Waals surface area (Å²) in [4.78, 5) is 10.6. The van der Waals surface area contributed by atoms with Crippen LogP contribution in [0.3, 0.4) is 0 Å². The van der Waals surface area contributed by atoms with E-state index in [9.17, 15) is 10.1 Å². The van der Waals surface area contributed by atoms with Crippen LogP contribution in [0.4, 0.5) is 5.69 Å². The Bertz CT molecular complexity index is 579. The van der Waals surface area contributed by atoms with Gasteiger partial charge in [-0.3, -0.25) is 10.1 Å². The van der Waals surface area contributed by atoms with Crippen molar-refractivity contribution in [2.45, 2.75) is 20.0 Å². The minimum Gasteiger partial charge on any atom is -0.324 e. The molecule has 0 fully saturated rings. The van der Waals surface area contributed by atoms with E-state index < -0.39 is 4.92 Å². The van der Waals surface area contributed by atoms with Crippen LogP contribution in [0, 0.1) is 10.1 Å². The molecule has 0 aliphatic heterocycles. The lowest BCUT2D eigenvalue weighted by molar-refractivity contribution is -0.384. The van der Waals surface area contributed by atoms with Gasteiger partial charge in [0, 0.05) is 12.6 Å². The van der Waals surface area contributed by atoms with Crippen LogP contribution in [-0.2, 0) is 13.1 Å². The third-order valence-electron chi connectivity index (χ3n) is 2.67. The lowest BCUT2D eigenvalue weighted by atomic mass is 10.1. The highest BCUT2D eigenvalue weighted by molar-refractivity contribution is 5.68. The summed E-state index contributed by atoms with van der Waals surface area (Å²) >= 11 is 0. The summed E-state index contributed by atoms with van der Waals surface area (Å²) in [6, 6.07) is 6.47. The fourth-order valence-electron chi connectivity index (χ4n) is 1.84. The van der Waals surface area contributed by atoms with Gasteiger partial charge in [-0.05, 0) is 13.0 Å². The zero-order valence-corrected chi connectivity index (χ0v) is 9.91. The van der Waals surface area contributed by atoms with Crippen molar-refractivity contribution in [2.24, 2.45) is 5.73 Å². The van der Waals surface area contributed by atoms with Gasteiger partial charge >= 0.3 is 0 Å². The first-order chi connectivity index (χ1) is 8.69. The molecule has 2 aromatic rings. The molecule has 1 heterocycles. The second kappa shape index (κ2) is 4.92. The van der Waals surface area contributed by atoms with E-state index in [1.807, 2.05) is 6.92 Å². The van der Waals surface area contributed by atoms with E-state index in [2.05, 4.69) is 10.2 Å². The van der Waals surface area contributed by atoms with Gasteiger partial charge in [0.05, 0.1) is 17.0 Å². The van der Waals surface area contributed by atoms with Crippen molar-refractivity contribution >= 4 is 5.69 Å². The first kappa shape index (κ1) is 12.2. The molecule has 1 aromatic carbocycles. The molecule has 0 spiro atoms. The Labute approximate surface area is 103 Å². The molecule has 1 aromatic heterocycles. The molecule has 0 amide bonds. The van der Waals surface area contributed by atoms with Crippen molar-refractivity contribution in [1.29, 1.82) is 0 Å². The molecule has 0 atom stereocenters. The average Bonchev–Trinajstić information content (AvgIpc) is 2.81. The van der Waals surface area contributed by atoms with Crippen LogP contribution in [0.2, 0.25) is 0 Å². The molecular weight excluding hydrogens is 234 g/mol. The number of nitrogens with zero attached hydrogens (tertiary/aromatic N) is 4. The predicted octanol–water partition coefficient (Wildman–Crippen LogP) is 1.33. The van der Waals surface area contributed by atoms with E-state index in [1.165, 1.54) is 6.07 Å². The Kier molecular flexibility index (Phi) is 3.33. The molecule has 94 valence electrons. The third kappa shape index (κ3) is 1.95. The van der Waals surface area contributed by atoms with Crippen LogP contribution in [0.5, 0.6) is 0 Å². The van der Waals surface area contributed by atoms with Crippen molar-refractivity contribution in [1.82, 2.24) is 14.8 Å². The molecule has 0 saturated heterocycles. The van der Waals surface area contributed by atoms with Gasteiger partial charge in [0.15, 0.2) is 5.82 Å². The molecule has 2 N–H and O–H groups in total. The zero-order chi connectivity index (χ0) is 13.1. The average molecular weight is 247 g/mol. The number of nitro benzene ring substituents is 1. The number of nitro groups is 1. The largest absolute Gasteiger partial charge is 0.324 e. The minimum absolute atomic E-state index is 0.0168. The first-order valence-corrected chi connectivity index (χ1v) is 5.55. The SMILES string of the molecule is CCn1c(CN)nnc1-c1ccccc1[N+](=O)[O-]. The molecule has 0 radical (unpaired) electrons. The monoisotopic (exact) mass is 247 g/mol. The fourth-order valence-corrected chi connectivity index (χ4v) is 1.84. The van der Waals surface area contributed by atoms with E-state index in [1.54, 1.807) is 22.8 Å². The van der Waals surface area contributed by atoms with Crippen LogP contribution in [-0.4, -0.2) is 19.7 Å². The summed E-state index contributed by atoms with van der Waals surface area (Å²) in [5, 5.41) is 18.9. The predicted molar refractivity (Wildman–Crippen MR) is 65.7 cm³/mol. The molecule has 0 bridgehead atoms. The van der Waals surface area contributed by atoms with Crippen molar-refractivity contribution in [2.75, 3.05) is 0 Å². The van der Waals surface area contributed by atoms with E-state index in [-0.39, 0.29) is 12.2 Å². The Balaban J connectivity index is 2.62. The number of hydrogen-bond donors (Lipinski definition) is 1. The summed E-state index contributed by atoms with van der Waals surface area (Å²) in [6.07, 6.45) is 0. The van der Waals surface area contributed by atoms with Crippen molar-refractivity contribution < 1.29 is 4.92 Å². The van der Waals surface area contributed by atoms with E-state index in [0.717, 1.165) is 0 Å². The zero-order valence-electron chi connectivity index (χ0n) is 9.91. The van der Waals surface area contributed by atoms with Crippen LogP contribution >= 0.6 is 0 Å². The molecule has 0 aliphatic rings. The highest BCUT2D eigenvalue weighted by Crippen LogP contribution is 2.28. The van der Waals surface area contributed by atoms with Crippen LogP contribution in [0.15, 0.2) is 24.3 Å². The fraction of sp³-hybridized carbons (Fsp3) is 0.273. The highest BCUT2D eigenvalue weighted by Gasteiger charge is 2.20. The number of para-hydroxylation sites is 1. The molecule has 0 unspecified atom stereocenters. The smallest absolute Gasteiger partial charge is 0.280 e. The van der Waals surface area contributed by atoms with E-state index >= 15 is 0 Å². The van der Waals surface area contributed by atoms with Gasteiger partial charge in [0.2, 0.25) is 0 Å². The lowest BCUT2D eigenvalue weighted by Crippen LogP contribution is -2.08. The van der Waals surface area contributed by atoms with Gasteiger partial charge < -0.3 is 10.3 Å². The molecule has 0 aliphatic carbocycles. The molecule has 7 heteroatoms. The summed E-state index contributed by atoms with van der Waals surface area (Å²) in [5.74, 6) is 1.09. The number of aromatic nitrogens is 3. The maximum absolute atomic E-state index is 11.0. The Hall–Kier alpha value is -2.28. The number of nitrogens with two attached hydrogens (primary N) is 1. The normalized spacial score (nSPS) is 10.6. The molecule has 0 saturated carbocycles. The standard InChI is InChI=1S/C11H13N5O2/c1-2-15-10(7-12)13-14-11(15)8-5-3-4-6-9(8)16(17)18/h3-6H,2,7,12H2,1H3. The first-order valence-electron chi connectivity index (χ1n) is 5.55. The second-order valence-electron chi connectivity index (χ2n) is 3.66. The maximum atomic E-state index is 11.0. The Morgan fingerprint density at radius 2 is 2.11 bits per heavy atom. The summed E-state index contributed by atoms with van der Waals surface area (Å²) < 4.78 is 1.78. The highest BCUT2D eigenvalue weighted by atomic mass is 16.6. The summed E-state index contributed by atoms with van der Waals surface area (Å²) in [5.41, 5.74) is 6.03. The van der Waals surface area contributed by atoms with Gasteiger partial charge in [0.25, 0.3) is 5.69 Å². The van der Waals surface area contributed by atoms with Crippen molar-refractivity contribution in [3.8, 4) is 11.4 Å². The van der Waals surface area contributed by atoms with Crippen molar-refractivity contribution in [3.05, 3.63) is 40.2 Å². The molecule has 2 rings (SSSR count). The van der Waals surface area contributed by atoms with Gasteiger partial charge in [-0.2, -0.15) is 0 Å². The quantitative estimate of drug-likeness (QED) is 0.649. The lowest BCUT2D eigenvalue weighted by Gasteiger charge is -2.06. The molecule has 18 heavy (non-hydrogen) atoms. The minimum atomic E-state index is -0.424. The molecule has 7 nitrogen and oxygen atoms in total. The number of hydrogen-bond acceptors (Lipinski definition) is 5. The van der Waals surface area contributed by atoms with E-state index in [4.69, 9.17) is 5.73 Å². The van der Waals surface area contributed by atoms with Gasteiger partial charge in [0.1, 0.15) is 5.82 Å². The summed E-state index contributed by atoms with van der Waals surface area (Å²) in [6.45, 7) is 2.78. The third-order valence-corrected chi connectivity index (χ3v) is 2.67. The van der Waals surface area contributed by atoms with Crippen LogP contribution in [0.1, 0.15) is 12.7 Å². The van der Waals surface area contributed by atoms with Crippen LogP contribution in [0.25, 0.3) is 11.4 Å². The second-order valence-corrected chi connectivity index (χ2v) is 3.66. The molecular formula is C11H13N5O2. The Morgan fingerprint density at radius 3 is 2.72 bits per heavy atom. The van der Waals surface area contributed by atoms with Crippen molar-refractivity contribution in [3.63, 3.8) is 0 Å². The number of benzene rings is 1. The number of rotatable bonds is 4. The van der Waals surface area contributed by atoms with Gasteiger partial charge in [-0.1, -0.05) is 12.1 Å². The van der Waals surface area contributed by atoms with Gasteiger partial charge in [-0.15, -0.1) is 10.2 Å². The van der Waals surface area contributed by atoms with E-state index in [0.29, 0.717) is 23.8 Å². The van der Waals surface area contributed by atoms with Gasteiger partial charge in [-0.25, -0.2) is 0 Å². The van der Waals surface area contributed by atoms with Crippen LogP contribution < -0.4 is 5.73 Å². The Morgan fingerprint density at radius 1 is 1.39 bits per heavy atom. The maximum Gasteiger partial charge on any atom is 0.280 e. The summed E-state index contributed by atoms with van der Waals surface area (Å²) in [7, 11) is 0. The topological polar surface area (TPSA) is 99.9 Å².